The molecule has 3 rings (SSSR count). The standard InChI is InChI=1S/C14H11FIN5S/c1-21-13(19-20-14(21)22)9-4-5-17-7-12(9)18-11-3-2-8(16)6-10(11)15/h2-7,18H,1H3,(H,20,22). The molecule has 22 heavy (non-hydrogen) atoms. The van der Waals surface area contributed by atoms with E-state index in [2.05, 4.69) is 43.1 Å². The van der Waals surface area contributed by atoms with Gasteiger partial charge in [-0.3, -0.25) is 10.1 Å². The van der Waals surface area contributed by atoms with Gasteiger partial charge in [-0.2, -0.15) is 5.10 Å². The number of hydrogen-bond donors (Lipinski definition) is 2. The number of halogens is 2. The zero-order valence-electron chi connectivity index (χ0n) is 11.5. The summed E-state index contributed by atoms with van der Waals surface area (Å²) in [6, 6.07) is 6.79. The molecule has 0 radical (unpaired) electrons. The second-order valence-electron chi connectivity index (χ2n) is 4.58. The SMILES string of the molecule is Cn1c(-c2ccncc2Nc2ccc(I)cc2F)n[nH]c1=S. The number of aromatic nitrogens is 4. The molecule has 2 aromatic heterocycles. The van der Waals surface area contributed by atoms with Crippen molar-refractivity contribution in [3.05, 3.63) is 50.8 Å². The van der Waals surface area contributed by atoms with Crippen molar-refractivity contribution >= 4 is 46.2 Å². The molecule has 3 aromatic rings. The average molecular weight is 427 g/mol. The molecule has 8 heteroatoms. The zero-order chi connectivity index (χ0) is 15.7. The van der Waals surface area contributed by atoms with Crippen molar-refractivity contribution in [3.8, 4) is 11.4 Å². The quantitative estimate of drug-likeness (QED) is 0.490. The van der Waals surface area contributed by atoms with Gasteiger partial charge in [-0.15, -0.1) is 0 Å². The summed E-state index contributed by atoms with van der Waals surface area (Å²) in [6.07, 6.45) is 3.28. The molecule has 2 heterocycles. The third-order valence-corrected chi connectivity index (χ3v) is 4.18. The molecule has 0 unspecified atom stereocenters. The summed E-state index contributed by atoms with van der Waals surface area (Å²) in [7, 11) is 1.82. The lowest BCUT2D eigenvalue weighted by atomic mass is 10.2. The van der Waals surface area contributed by atoms with Gasteiger partial charge in [0, 0.05) is 22.4 Å². The molecule has 0 spiro atoms. The van der Waals surface area contributed by atoms with Gasteiger partial charge in [-0.05, 0) is 59.1 Å². The smallest absolute Gasteiger partial charge is 0.195 e. The van der Waals surface area contributed by atoms with E-state index < -0.39 is 0 Å². The predicted molar refractivity (Wildman–Crippen MR) is 94.0 cm³/mol. The third kappa shape index (κ3) is 2.88. The highest BCUT2D eigenvalue weighted by molar-refractivity contribution is 14.1. The zero-order valence-corrected chi connectivity index (χ0v) is 14.4. The van der Waals surface area contributed by atoms with Crippen LogP contribution in [0.1, 0.15) is 0 Å². The van der Waals surface area contributed by atoms with Crippen molar-refractivity contribution in [1.29, 1.82) is 0 Å². The van der Waals surface area contributed by atoms with Crippen LogP contribution in [0.3, 0.4) is 0 Å². The molecular weight excluding hydrogens is 416 g/mol. The maximum absolute atomic E-state index is 14.0. The van der Waals surface area contributed by atoms with E-state index in [-0.39, 0.29) is 5.82 Å². The minimum atomic E-state index is -0.322. The molecule has 5 nitrogen and oxygen atoms in total. The third-order valence-electron chi connectivity index (χ3n) is 3.14. The molecule has 0 atom stereocenters. The van der Waals surface area contributed by atoms with Crippen molar-refractivity contribution in [2.45, 2.75) is 0 Å². The summed E-state index contributed by atoms with van der Waals surface area (Å²) in [5, 5.41) is 10.0. The van der Waals surface area contributed by atoms with Crippen LogP contribution >= 0.6 is 34.8 Å². The Morgan fingerprint density at radius 1 is 1.32 bits per heavy atom. The van der Waals surface area contributed by atoms with Crippen LogP contribution in [0.15, 0.2) is 36.7 Å². The van der Waals surface area contributed by atoms with Crippen molar-refractivity contribution in [2.24, 2.45) is 7.05 Å². The molecule has 0 saturated carbocycles. The number of benzene rings is 1. The van der Waals surface area contributed by atoms with Gasteiger partial charge in [-0.25, -0.2) is 4.39 Å². The van der Waals surface area contributed by atoms with Crippen LogP contribution in [0.2, 0.25) is 0 Å². The first kappa shape index (κ1) is 15.1. The first-order valence-corrected chi connectivity index (χ1v) is 7.83. The molecule has 1 aromatic carbocycles. The molecule has 0 aliphatic carbocycles. The lowest BCUT2D eigenvalue weighted by Crippen LogP contribution is -2.00. The van der Waals surface area contributed by atoms with Crippen LogP contribution in [-0.2, 0) is 7.05 Å². The Balaban J connectivity index is 2.05. The number of anilines is 2. The van der Waals surface area contributed by atoms with Gasteiger partial charge in [0.25, 0.3) is 0 Å². The van der Waals surface area contributed by atoms with Crippen LogP contribution < -0.4 is 5.32 Å². The van der Waals surface area contributed by atoms with E-state index in [0.717, 1.165) is 9.13 Å². The van der Waals surface area contributed by atoms with Gasteiger partial charge in [-0.1, -0.05) is 0 Å². The van der Waals surface area contributed by atoms with Crippen LogP contribution in [0.4, 0.5) is 15.8 Å². The molecular formula is C14H11FIN5S. The molecule has 0 saturated heterocycles. The number of rotatable bonds is 3. The summed E-state index contributed by atoms with van der Waals surface area (Å²) in [4.78, 5) is 4.09. The molecule has 0 bridgehead atoms. The molecule has 0 aliphatic heterocycles. The molecule has 0 amide bonds. The van der Waals surface area contributed by atoms with Crippen LogP contribution in [-0.4, -0.2) is 19.7 Å². The predicted octanol–water partition coefficient (Wildman–Crippen LogP) is 4.03. The van der Waals surface area contributed by atoms with E-state index in [0.29, 0.717) is 22.0 Å². The minimum absolute atomic E-state index is 0.322. The highest BCUT2D eigenvalue weighted by Gasteiger charge is 2.12. The van der Waals surface area contributed by atoms with Crippen molar-refractivity contribution in [1.82, 2.24) is 19.7 Å². The summed E-state index contributed by atoms with van der Waals surface area (Å²) in [5.41, 5.74) is 1.81. The normalized spacial score (nSPS) is 10.7. The van der Waals surface area contributed by atoms with E-state index in [1.165, 1.54) is 6.07 Å². The van der Waals surface area contributed by atoms with E-state index >= 15 is 0 Å². The summed E-state index contributed by atoms with van der Waals surface area (Å²) >= 11 is 7.20. The average Bonchev–Trinajstić information content (AvgIpc) is 2.83. The molecule has 112 valence electrons. The van der Waals surface area contributed by atoms with E-state index in [1.54, 1.807) is 29.1 Å². The van der Waals surface area contributed by atoms with Crippen LogP contribution in [0.5, 0.6) is 0 Å². The van der Waals surface area contributed by atoms with Crippen molar-refractivity contribution < 1.29 is 4.39 Å². The Morgan fingerprint density at radius 2 is 2.14 bits per heavy atom. The summed E-state index contributed by atoms with van der Waals surface area (Å²) < 4.78 is 17.1. The number of hydrogen-bond acceptors (Lipinski definition) is 4. The van der Waals surface area contributed by atoms with E-state index in [9.17, 15) is 4.39 Å². The van der Waals surface area contributed by atoms with E-state index in [1.807, 2.05) is 13.1 Å². The Bertz CT molecular complexity index is 889. The van der Waals surface area contributed by atoms with Gasteiger partial charge in [0.1, 0.15) is 5.82 Å². The first-order valence-electron chi connectivity index (χ1n) is 6.34. The van der Waals surface area contributed by atoms with Crippen molar-refractivity contribution in [3.63, 3.8) is 0 Å². The van der Waals surface area contributed by atoms with Gasteiger partial charge >= 0.3 is 0 Å². The monoisotopic (exact) mass is 427 g/mol. The van der Waals surface area contributed by atoms with Gasteiger partial charge < -0.3 is 9.88 Å². The van der Waals surface area contributed by atoms with Gasteiger partial charge in [0.2, 0.25) is 0 Å². The maximum atomic E-state index is 14.0. The first-order chi connectivity index (χ1) is 10.6. The van der Waals surface area contributed by atoms with Gasteiger partial charge in [0.15, 0.2) is 10.6 Å². The van der Waals surface area contributed by atoms with Crippen LogP contribution in [0, 0.1) is 14.2 Å². The minimum Gasteiger partial charge on any atom is -0.351 e. The number of H-pyrrole nitrogens is 1. The fraction of sp³-hybridized carbons (Fsp3) is 0.0714. The second kappa shape index (κ2) is 6.13. The molecule has 0 aliphatic rings. The largest absolute Gasteiger partial charge is 0.351 e. The Morgan fingerprint density at radius 3 is 2.82 bits per heavy atom. The number of nitrogens with zero attached hydrogens (tertiary/aromatic N) is 3. The van der Waals surface area contributed by atoms with Gasteiger partial charge in [0.05, 0.1) is 17.6 Å². The summed E-state index contributed by atoms with van der Waals surface area (Å²) in [6.45, 7) is 0. The Kier molecular flexibility index (Phi) is 4.21. The topological polar surface area (TPSA) is 58.5 Å². The number of aromatic amines is 1. The fourth-order valence-electron chi connectivity index (χ4n) is 2.01. The Hall–Kier alpha value is -1.81. The second-order valence-corrected chi connectivity index (χ2v) is 6.21. The van der Waals surface area contributed by atoms with Crippen molar-refractivity contribution in [2.75, 3.05) is 5.32 Å². The maximum Gasteiger partial charge on any atom is 0.195 e. The van der Waals surface area contributed by atoms with Crippen LogP contribution in [0.25, 0.3) is 11.4 Å². The highest BCUT2D eigenvalue weighted by atomic mass is 127. The lowest BCUT2D eigenvalue weighted by Gasteiger charge is -2.11. The molecule has 0 fully saturated rings. The lowest BCUT2D eigenvalue weighted by molar-refractivity contribution is 0.631. The van der Waals surface area contributed by atoms with E-state index in [4.69, 9.17) is 12.2 Å². The number of nitrogens with one attached hydrogen (secondary N) is 2. The summed E-state index contributed by atoms with van der Waals surface area (Å²) in [5.74, 6) is 0.331. The molecule has 2 N–H and O–H groups in total. The number of pyridine rings is 1. The highest BCUT2D eigenvalue weighted by Crippen LogP contribution is 2.29. The Labute approximate surface area is 144 Å². The fourth-order valence-corrected chi connectivity index (χ4v) is 2.60.